The molecule has 2 saturated heterocycles. The van der Waals surface area contributed by atoms with Gasteiger partial charge in [-0.05, 0) is 98.5 Å². The molecule has 242 valence electrons. The lowest BCUT2D eigenvalue weighted by Crippen LogP contribution is -2.12. The number of rotatable bonds is 18. The molecule has 0 bridgehead atoms. The van der Waals surface area contributed by atoms with Crippen molar-refractivity contribution in [1.82, 2.24) is 0 Å². The van der Waals surface area contributed by atoms with Crippen molar-refractivity contribution in [3.8, 4) is 23.0 Å². The molecule has 3 aromatic rings. The molecule has 2 atom stereocenters. The summed E-state index contributed by atoms with van der Waals surface area (Å²) in [7, 11) is 0. The third kappa shape index (κ3) is 10.6. The van der Waals surface area contributed by atoms with E-state index in [9.17, 15) is 19.2 Å². The summed E-state index contributed by atoms with van der Waals surface area (Å²) >= 11 is 0. The second kappa shape index (κ2) is 16.4. The highest BCUT2D eigenvalue weighted by molar-refractivity contribution is 5.92. The highest BCUT2D eigenvalue weighted by atomic mass is 16.6. The zero-order valence-electron chi connectivity index (χ0n) is 25.1. The summed E-state index contributed by atoms with van der Waals surface area (Å²) in [6.45, 7) is 2.41. The molecule has 0 saturated carbocycles. The maximum absolute atomic E-state index is 12.6. The highest BCUT2D eigenvalue weighted by Gasteiger charge is 2.33. The molecule has 0 aromatic heterocycles. The standard InChI is InChI=1S/C34H34O12/c35-31(23-5-9-25(10-6-23)39-17-1-3-19-41-33(37)29-21-43-29)45-27-11-7-24(8-12-27)32(36)46-28-15-13-26(14-16-28)40-18-2-4-20-42-34(38)30-22-44-30/h5-16,29-30H,1-4,17-22H2. The van der Waals surface area contributed by atoms with Crippen LogP contribution in [0.5, 0.6) is 23.0 Å². The van der Waals surface area contributed by atoms with Gasteiger partial charge in [-0.3, -0.25) is 0 Å². The largest absolute Gasteiger partial charge is 0.494 e. The summed E-state index contributed by atoms with van der Waals surface area (Å²) in [5.74, 6) is 0.0708. The Balaban J connectivity index is 0.966. The van der Waals surface area contributed by atoms with Crippen LogP contribution in [0.1, 0.15) is 46.4 Å². The minimum Gasteiger partial charge on any atom is -0.494 e. The van der Waals surface area contributed by atoms with Crippen molar-refractivity contribution in [2.75, 3.05) is 39.6 Å². The van der Waals surface area contributed by atoms with Crippen molar-refractivity contribution in [3.05, 3.63) is 83.9 Å². The van der Waals surface area contributed by atoms with Crippen LogP contribution in [0.4, 0.5) is 0 Å². The van der Waals surface area contributed by atoms with Gasteiger partial charge in [-0.1, -0.05) is 0 Å². The predicted octanol–water partition coefficient (Wildman–Crippen LogP) is 4.33. The summed E-state index contributed by atoms with van der Waals surface area (Å²) < 4.78 is 42.1. The normalized spacial score (nSPS) is 16.1. The number of hydrogen-bond acceptors (Lipinski definition) is 12. The van der Waals surface area contributed by atoms with Gasteiger partial charge in [-0.15, -0.1) is 0 Å². The molecule has 2 aliphatic rings. The quantitative estimate of drug-likeness (QED) is 0.0849. The monoisotopic (exact) mass is 634 g/mol. The summed E-state index contributed by atoms with van der Waals surface area (Å²) in [5, 5.41) is 0. The van der Waals surface area contributed by atoms with Gasteiger partial charge in [0.25, 0.3) is 0 Å². The Kier molecular flexibility index (Phi) is 11.6. The SMILES string of the molecule is O=C(Oc1ccc(C(=O)Oc2ccc(OCCCCOC(=O)C3CO3)cc2)cc1)c1ccc(OCCCCOC(=O)C2CO2)cc1. The van der Waals surface area contributed by atoms with Crippen molar-refractivity contribution in [1.29, 1.82) is 0 Å². The van der Waals surface area contributed by atoms with E-state index in [0.717, 1.165) is 0 Å². The van der Waals surface area contributed by atoms with Crippen molar-refractivity contribution >= 4 is 23.9 Å². The van der Waals surface area contributed by atoms with Gasteiger partial charge in [0, 0.05) is 0 Å². The minimum absolute atomic E-state index is 0.271. The van der Waals surface area contributed by atoms with Crippen molar-refractivity contribution in [2.45, 2.75) is 37.9 Å². The molecule has 2 heterocycles. The third-order valence-corrected chi connectivity index (χ3v) is 6.72. The van der Waals surface area contributed by atoms with E-state index < -0.39 is 11.9 Å². The lowest BCUT2D eigenvalue weighted by molar-refractivity contribution is -0.146. The molecule has 2 aliphatic heterocycles. The Hall–Kier alpha value is -4.94. The van der Waals surface area contributed by atoms with Gasteiger partial charge < -0.3 is 37.9 Å². The molecule has 2 fully saturated rings. The Morgan fingerprint density at radius 3 is 1.22 bits per heavy atom. The molecule has 0 amide bonds. The fraction of sp³-hybridized carbons (Fsp3) is 0.353. The van der Waals surface area contributed by atoms with E-state index in [0.29, 0.717) is 88.1 Å². The molecule has 46 heavy (non-hydrogen) atoms. The highest BCUT2D eigenvalue weighted by Crippen LogP contribution is 2.21. The number of epoxide rings is 2. The van der Waals surface area contributed by atoms with Crippen LogP contribution < -0.4 is 18.9 Å². The summed E-state index contributed by atoms with van der Waals surface area (Å²) in [4.78, 5) is 47.9. The van der Waals surface area contributed by atoms with Gasteiger partial charge in [0.2, 0.25) is 0 Å². The van der Waals surface area contributed by atoms with Crippen LogP contribution >= 0.6 is 0 Å². The van der Waals surface area contributed by atoms with Crippen LogP contribution in [-0.4, -0.2) is 75.7 Å². The molecule has 2 unspecified atom stereocenters. The van der Waals surface area contributed by atoms with E-state index in [-0.39, 0.29) is 35.5 Å². The molecule has 0 spiro atoms. The zero-order valence-corrected chi connectivity index (χ0v) is 25.1. The summed E-state index contributed by atoms with van der Waals surface area (Å²) in [6, 6.07) is 19.2. The zero-order chi connectivity index (χ0) is 32.1. The number of unbranched alkanes of at least 4 members (excludes halogenated alkanes) is 2. The van der Waals surface area contributed by atoms with E-state index in [1.54, 1.807) is 48.5 Å². The van der Waals surface area contributed by atoms with Crippen molar-refractivity contribution in [3.63, 3.8) is 0 Å². The maximum atomic E-state index is 12.6. The first kappa shape index (κ1) is 32.5. The lowest BCUT2D eigenvalue weighted by Gasteiger charge is -2.09. The Morgan fingerprint density at radius 2 is 0.826 bits per heavy atom. The second-order valence-electron chi connectivity index (χ2n) is 10.4. The molecule has 12 heteroatoms. The smallest absolute Gasteiger partial charge is 0.343 e. The van der Waals surface area contributed by atoms with E-state index in [4.69, 9.17) is 37.9 Å². The van der Waals surface area contributed by atoms with E-state index in [2.05, 4.69) is 0 Å². The first-order valence-electron chi connectivity index (χ1n) is 15.0. The van der Waals surface area contributed by atoms with E-state index in [1.807, 2.05) is 0 Å². The van der Waals surface area contributed by atoms with Gasteiger partial charge >= 0.3 is 23.9 Å². The Morgan fingerprint density at radius 1 is 0.500 bits per heavy atom. The topological polar surface area (TPSA) is 149 Å². The third-order valence-electron chi connectivity index (χ3n) is 6.72. The van der Waals surface area contributed by atoms with Gasteiger partial charge in [0.1, 0.15) is 23.0 Å². The van der Waals surface area contributed by atoms with Crippen LogP contribution in [0, 0.1) is 0 Å². The predicted molar refractivity (Wildman–Crippen MR) is 160 cm³/mol. The van der Waals surface area contributed by atoms with Crippen LogP contribution in [0.15, 0.2) is 72.8 Å². The van der Waals surface area contributed by atoms with E-state index >= 15 is 0 Å². The molecule has 0 radical (unpaired) electrons. The van der Waals surface area contributed by atoms with Crippen LogP contribution in [-0.2, 0) is 28.5 Å². The van der Waals surface area contributed by atoms with Crippen LogP contribution in [0.25, 0.3) is 0 Å². The maximum Gasteiger partial charge on any atom is 0.343 e. The second-order valence-corrected chi connectivity index (χ2v) is 10.4. The van der Waals surface area contributed by atoms with Crippen molar-refractivity contribution < 1.29 is 57.1 Å². The van der Waals surface area contributed by atoms with Crippen molar-refractivity contribution in [2.24, 2.45) is 0 Å². The molecular formula is C34H34O12. The van der Waals surface area contributed by atoms with Gasteiger partial charge in [-0.25, -0.2) is 19.2 Å². The summed E-state index contributed by atoms with van der Waals surface area (Å²) in [5.41, 5.74) is 0.619. The summed E-state index contributed by atoms with van der Waals surface area (Å²) in [6.07, 6.45) is 1.98. The number of esters is 4. The molecule has 12 nitrogen and oxygen atoms in total. The number of ether oxygens (including phenoxy) is 8. The first-order chi connectivity index (χ1) is 22.4. The van der Waals surface area contributed by atoms with Crippen LogP contribution in [0.3, 0.4) is 0 Å². The molecule has 0 aliphatic carbocycles. The number of benzene rings is 3. The van der Waals surface area contributed by atoms with Gasteiger partial charge in [0.05, 0.1) is 50.8 Å². The fourth-order valence-corrected chi connectivity index (χ4v) is 3.97. The lowest BCUT2D eigenvalue weighted by atomic mass is 10.2. The molecule has 0 N–H and O–H groups in total. The Labute approximate surface area is 265 Å². The average Bonchev–Trinajstić information content (AvgIpc) is 3.99. The number of carbonyl (C=O) groups excluding carboxylic acids is 4. The fourth-order valence-electron chi connectivity index (χ4n) is 3.97. The molecule has 5 rings (SSSR count). The minimum atomic E-state index is -0.567. The van der Waals surface area contributed by atoms with E-state index in [1.165, 1.54) is 24.3 Å². The molecular weight excluding hydrogens is 600 g/mol. The van der Waals surface area contributed by atoms with Gasteiger partial charge in [0.15, 0.2) is 12.2 Å². The van der Waals surface area contributed by atoms with Crippen LogP contribution in [0.2, 0.25) is 0 Å². The van der Waals surface area contributed by atoms with Gasteiger partial charge in [-0.2, -0.15) is 0 Å². The first-order valence-corrected chi connectivity index (χ1v) is 15.0. The Bertz CT molecular complexity index is 1460. The average molecular weight is 635 g/mol. The number of hydrogen-bond donors (Lipinski definition) is 0. The number of carbonyl (C=O) groups is 4. The molecule has 3 aromatic carbocycles.